The number of aliphatic hydroxyl groups is 1. The molecule has 0 aromatic carbocycles. The van der Waals surface area contributed by atoms with Crippen LogP contribution in [-0.2, 0) is 23.9 Å². The highest BCUT2D eigenvalue weighted by molar-refractivity contribution is 8.02. The monoisotopic (exact) mass is 491 g/mol. The van der Waals surface area contributed by atoms with Crippen molar-refractivity contribution in [1.82, 2.24) is 14.7 Å². The van der Waals surface area contributed by atoms with Gasteiger partial charge >= 0.3 is 5.97 Å². The van der Waals surface area contributed by atoms with Gasteiger partial charge in [-0.15, -0.1) is 11.8 Å². The number of esters is 1. The van der Waals surface area contributed by atoms with E-state index in [2.05, 4.69) is 4.90 Å². The summed E-state index contributed by atoms with van der Waals surface area (Å²) in [6, 6.07) is -0.713. The van der Waals surface area contributed by atoms with Crippen LogP contribution < -0.4 is 0 Å². The molecule has 2 amide bonds. The maximum absolute atomic E-state index is 14.1. The fraction of sp³-hybridized carbons (Fsp3) is 0.708. The molecule has 1 spiro atoms. The highest BCUT2D eigenvalue weighted by atomic mass is 32.2. The highest BCUT2D eigenvalue weighted by Crippen LogP contribution is 2.65. The SMILES string of the molecule is C[C@]12C=CCOC(=O)[C@H]1[C@H]1C(=O)N(CCCO)C3C(=O)N(CCN4CCOCC4)CC=C[C@@]31S2. The first-order valence-electron chi connectivity index (χ1n) is 12.1. The minimum atomic E-state index is -0.850. The standard InChI is InChI=1S/C24H33N3O6S/c1-23-5-3-14-33-22(31)18(23)17-20(29)27(8-4-13-28)19-21(30)26(7-2-6-24(17,19)34-23)10-9-25-11-15-32-16-12-25/h2-3,5-6,17-19,28H,4,7-16H2,1H3/t17-,18+,19?,23-,24-/m0/s1. The van der Waals surface area contributed by atoms with E-state index in [1.54, 1.807) is 16.7 Å². The third kappa shape index (κ3) is 3.79. The summed E-state index contributed by atoms with van der Waals surface area (Å²) in [5.74, 6) is -2.01. The summed E-state index contributed by atoms with van der Waals surface area (Å²) in [6.45, 7) is 7.25. The summed E-state index contributed by atoms with van der Waals surface area (Å²) in [6.07, 6.45) is 8.19. The molecule has 5 rings (SSSR count). The number of thioether (sulfide) groups is 1. The first-order valence-corrected chi connectivity index (χ1v) is 13.0. The average Bonchev–Trinajstić information content (AvgIpc) is 3.08. The zero-order valence-electron chi connectivity index (χ0n) is 19.6. The molecule has 0 bridgehead atoms. The van der Waals surface area contributed by atoms with E-state index in [4.69, 9.17) is 9.47 Å². The number of morpholine rings is 1. The van der Waals surface area contributed by atoms with Gasteiger partial charge < -0.3 is 24.4 Å². The van der Waals surface area contributed by atoms with Crippen LogP contribution in [0.1, 0.15) is 13.3 Å². The lowest BCUT2D eigenvalue weighted by Crippen LogP contribution is -2.54. The van der Waals surface area contributed by atoms with Gasteiger partial charge in [0.15, 0.2) is 0 Å². The molecule has 3 fully saturated rings. The molecule has 0 radical (unpaired) electrons. The van der Waals surface area contributed by atoms with E-state index in [-0.39, 0.29) is 37.5 Å². The zero-order chi connectivity index (χ0) is 23.9. The van der Waals surface area contributed by atoms with E-state index in [9.17, 15) is 19.5 Å². The van der Waals surface area contributed by atoms with Crippen LogP contribution in [0.2, 0.25) is 0 Å². The molecule has 0 aromatic heterocycles. The summed E-state index contributed by atoms with van der Waals surface area (Å²) in [5.41, 5.74) is 0. The molecule has 3 saturated heterocycles. The van der Waals surface area contributed by atoms with E-state index >= 15 is 0 Å². The molecule has 9 nitrogen and oxygen atoms in total. The first kappa shape index (κ1) is 23.8. The van der Waals surface area contributed by atoms with Crippen molar-refractivity contribution in [3.8, 4) is 0 Å². The third-order valence-electron chi connectivity index (χ3n) is 7.74. The van der Waals surface area contributed by atoms with Crippen molar-refractivity contribution in [3.05, 3.63) is 24.3 Å². The van der Waals surface area contributed by atoms with Crippen LogP contribution in [0.15, 0.2) is 24.3 Å². The van der Waals surface area contributed by atoms with Crippen molar-refractivity contribution < 1.29 is 29.0 Å². The fourth-order valence-corrected chi connectivity index (χ4v) is 8.32. The Morgan fingerprint density at radius 3 is 2.62 bits per heavy atom. The van der Waals surface area contributed by atoms with Gasteiger partial charge in [-0.1, -0.05) is 18.2 Å². The van der Waals surface area contributed by atoms with Crippen LogP contribution in [0.25, 0.3) is 0 Å². The largest absolute Gasteiger partial charge is 0.461 e. The van der Waals surface area contributed by atoms with Crippen molar-refractivity contribution in [3.63, 3.8) is 0 Å². The molecule has 0 saturated carbocycles. The Morgan fingerprint density at radius 1 is 1.06 bits per heavy atom. The Bertz CT molecular complexity index is 905. The van der Waals surface area contributed by atoms with Gasteiger partial charge in [0.25, 0.3) is 0 Å². The molecule has 5 heterocycles. The van der Waals surface area contributed by atoms with Crippen LogP contribution in [0.5, 0.6) is 0 Å². The summed E-state index contributed by atoms with van der Waals surface area (Å²) in [5, 5.41) is 9.47. The number of hydrogen-bond acceptors (Lipinski definition) is 8. The molecule has 5 atom stereocenters. The lowest BCUT2D eigenvalue weighted by atomic mass is 9.75. The maximum Gasteiger partial charge on any atom is 0.311 e. The number of nitrogens with zero attached hydrogens (tertiary/aromatic N) is 3. The summed E-state index contributed by atoms with van der Waals surface area (Å²) in [4.78, 5) is 46.7. The van der Waals surface area contributed by atoms with Crippen molar-refractivity contribution >= 4 is 29.5 Å². The molecule has 1 N–H and O–H groups in total. The smallest absolute Gasteiger partial charge is 0.311 e. The number of cyclic esters (lactones) is 1. The van der Waals surface area contributed by atoms with Gasteiger partial charge in [0.05, 0.1) is 29.8 Å². The van der Waals surface area contributed by atoms with Crippen LogP contribution in [0, 0.1) is 11.8 Å². The molecule has 0 aromatic rings. The van der Waals surface area contributed by atoms with Gasteiger partial charge in [0, 0.05) is 50.6 Å². The molecule has 5 aliphatic rings. The van der Waals surface area contributed by atoms with Gasteiger partial charge in [0.1, 0.15) is 12.6 Å². The second-order valence-electron chi connectivity index (χ2n) is 9.78. The lowest BCUT2D eigenvalue weighted by molar-refractivity contribution is -0.152. The van der Waals surface area contributed by atoms with E-state index in [0.29, 0.717) is 32.7 Å². The topological polar surface area (TPSA) is 99.6 Å². The van der Waals surface area contributed by atoms with E-state index < -0.39 is 27.4 Å². The number of carbonyl (C=O) groups excluding carboxylic acids is 3. The molecule has 0 aliphatic carbocycles. The second kappa shape index (κ2) is 9.29. The predicted molar refractivity (Wildman–Crippen MR) is 126 cm³/mol. The first-order chi connectivity index (χ1) is 16.4. The number of carbonyl (C=O) groups is 3. The normalized spacial score (nSPS) is 37.8. The van der Waals surface area contributed by atoms with Crippen LogP contribution >= 0.6 is 11.8 Å². The summed E-state index contributed by atoms with van der Waals surface area (Å²) < 4.78 is 9.37. The quantitative estimate of drug-likeness (QED) is 0.406. The molecule has 10 heteroatoms. The molecule has 1 unspecified atom stereocenters. The van der Waals surface area contributed by atoms with Crippen molar-refractivity contribution in [2.45, 2.75) is 28.9 Å². The number of likely N-dealkylation sites (tertiary alicyclic amines) is 1. The lowest BCUT2D eigenvalue weighted by Gasteiger charge is -2.37. The predicted octanol–water partition coefficient (Wildman–Crippen LogP) is -0.100. The summed E-state index contributed by atoms with van der Waals surface area (Å²) in [7, 11) is 0. The van der Waals surface area contributed by atoms with Crippen LogP contribution in [-0.4, -0.2) is 119 Å². The minimum absolute atomic E-state index is 0.0714. The number of hydrogen-bond donors (Lipinski definition) is 1. The Hall–Kier alpha value is -1.88. The molecule has 5 aliphatic heterocycles. The van der Waals surface area contributed by atoms with Gasteiger partial charge in [-0.25, -0.2) is 0 Å². The van der Waals surface area contributed by atoms with E-state index in [1.165, 1.54) is 0 Å². The highest BCUT2D eigenvalue weighted by Gasteiger charge is 2.73. The van der Waals surface area contributed by atoms with Gasteiger partial charge in [-0.05, 0) is 19.4 Å². The summed E-state index contributed by atoms with van der Waals surface area (Å²) >= 11 is 1.55. The van der Waals surface area contributed by atoms with E-state index in [1.807, 2.05) is 36.1 Å². The van der Waals surface area contributed by atoms with Gasteiger partial charge in [0.2, 0.25) is 11.8 Å². The van der Waals surface area contributed by atoms with Crippen molar-refractivity contribution in [2.24, 2.45) is 11.8 Å². The van der Waals surface area contributed by atoms with Gasteiger partial charge in [-0.3, -0.25) is 19.3 Å². The molecule has 34 heavy (non-hydrogen) atoms. The Labute approximate surface area is 204 Å². The Morgan fingerprint density at radius 2 is 1.85 bits per heavy atom. The fourth-order valence-electron chi connectivity index (χ4n) is 6.17. The van der Waals surface area contributed by atoms with E-state index in [0.717, 1.165) is 19.6 Å². The van der Waals surface area contributed by atoms with Crippen LogP contribution in [0.4, 0.5) is 0 Å². The van der Waals surface area contributed by atoms with Crippen molar-refractivity contribution in [2.75, 3.05) is 65.7 Å². The third-order valence-corrected chi connectivity index (χ3v) is 9.54. The molecule has 186 valence electrons. The number of ether oxygens (including phenoxy) is 2. The number of aliphatic hydroxyl groups excluding tert-OH is 1. The zero-order valence-corrected chi connectivity index (χ0v) is 20.4. The number of amides is 2. The molecular formula is C24H33N3O6S. The second-order valence-corrected chi connectivity index (χ2v) is 11.6. The minimum Gasteiger partial charge on any atom is -0.461 e. The molecular weight excluding hydrogens is 458 g/mol. The Kier molecular flexibility index (Phi) is 6.52. The van der Waals surface area contributed by atoms with Gasteiger partial charge in [-0.2, -0.15) is 0 Å². The number of rotatable bonds is 6. The maximum atomic E-state index is 14.1. The number of fused-ring (bicyclic) bond motifs is 2. The average molecular weight is 492 g/mol. The van der Waals surface area contributed by atoms with Crippen LogP contribution in [0.3, 0.4) is 0 Å². The van der Waals surface area contributed by atoms with Crippen molar-refractivity contribution in [1.29, 1.82) is 0 Å². The Balaban J connectivity index is 1.48.